The predicted molar refractivity (Wildman–Crippen MR) is 199 cm³/mol. The largest absolute Gasteiger partial charge is 0.374 e. The number of ketones is 1. The molecule has 7 heteroatoms. The fourth-order valence-corrected chi connectivity index (χ4v) is 7.14. The molecule has 5 aromatic carbocycles. The Balaban J connectivity index is 1.31. The molecule has 0 bridgehead atoms. The first-order valence-corrected chi connectivity index (χ1v) is 17.8. The lowest BCUT2D eigenvalue weighted by Gasteiger charge is -2.52. The molecule has 1 heterocycles. The van der Waals surface area contributed by atoms with Crippen molar-refractivity contribution in [3.05, 3.63) is 185 Å². The van der Waals surface area contributed by atoms with Crippen molar-refractivity contribution in [1.82, 2.24) is 0 Å². The van der Waals surface area contributed by atoms with Gasteiger partial charge in [0.05, 0.1) is 33.0 Å². The van der Waals surface area contributed by atoms with Gasteiger partial charge in [-0.05, 0) is 33.9 Å². The quantitative estimate of drug-likeness (QED) is 0.110. The smallest absolute Gasteiger partial charge is 0.194 e. The zero-order valence-corrected chi connectivity index (χ0v) is 29.3. The summed E-state index contributed by atoms with van der Waals surface area (Å²) in [6.45, 7) is 1.40. The molecule has 7 nitrogen and oxygen atoms in total. The van der Waals surface area contributed by atoms with Crippen LogP contribution in [0.3, 0.4) is 0 Å². The fourth-order valence-electron chi connectivity index (χ4n) is 7.14. The predicted octanol–water partition coefficient (Wildman–Crippen LogP) is 7.86. The number of benzene rings is 5. The first-order chi connectivity index (χ1) is 25.7. The van der Waals surface area contributed by atoms with Gasteiger partial charge in [0.15, 0.2) is 11.4 Å². The molecule has 0 spiro atoms. The van der Waals surface area contributed by atoms with E-state index in [-0.39, 0.29) is 25.6 Å². The average Bonchev–Trinajstić information content (AvgIpc) is 3.20. The van der Waals surface area contributed by atoms with Crippen molar-refractivity contribution in [1.29, 1.82) is 0 Å². The van der Waals surface area contributed by atoms with Gasteiger partial charge in [-0.2, -0.15) is 0 Å². The van der Waals surface area contributed by atoms with E-state index in [9.17, 15) is 4.79 Å². The van der Waals surface area contributed by atoms with Crippen LogP contribution in [0.5, 0.6) is 0 Å². The summed E-state index contributed by atoms with van der Waals surface area (Å²) in [4.78, 5) is 14.4. The highest BCUT2D eigenvalue weighted by Crippen LogP contribution is 2.45. The Hall–Kier alpha value is -4.73. The molecule has 0 saturated carbocycles. The van der Waals surface area contributed by atoms with Crippen LogP contribution >= 0.6 is 0 Å². The van der Waals surface area contributed by atoms with Crippen LogP contribution in [0, 0.1) is 0 Å². The second kappa shape index (κ2) is 17.2. The molecule has 2 aliphatic rings. The van der Waals surface area contributed by atoms with E-state index in [1.54, 1.807) is 13.2 Å². The van der Waals surface area contributed by atoms with Gasteiger partial charge >= 0.3 is 0 Å². The van der Waals surface area contributed by atoms with Gasteiger partial charge in [-0.3, -0.25) is 4.79 Å². The summed E-state index contributed by atoms with van der Waals surface area (Å²) in [5.41, 5.74) is 4.05. The van der Waals surface area contributed by atoms with Crippen LogP contribution in [0.25, 0.3) is 6.08 Å². The third kappa shape index (κ3) is 8.01. The molecule has 1 unspecified atom stereocenters. The lowest BCUT2D eigenvalue weighted by molar-refractivity contribution is -0.302. The monoisotopic (exact) mass is 696 g/mol. The number of ether oxygens (including phenoxy) is 6. The van der Waals surface area contributed by atoms with Crippen LogP contribution in [-0.4, -0.2) is 50.0 Å². The minimum absolute atomic E-state index is 0.174. The Morgan fingerprint density at radius 3 is 1.54 bits per heavy atom. The number of carbonyl (C=O) groups excluding carboxylic acids is 1. The minimum atomic E-state index is -1.54. The molecule has 1 aliphatic heterocycles. The zero-order chi connectivity index (χ0) is 35.6. The average molecular weight is 697 g/mol. The molecule has 0 aromatic heterocycles. The molecule has 1 fully saturated rings. The standard InChI is InChI=1S/C45H44O7/c1-47-45(38-25-15-14-24-37(38)26-27-40(45)46)44-43(51-31-36-22-12-5-13-23-36)42(50-30-35-20-10-4-11-21-35)41(49-29-34-18-8-3-9-19-34)39(52-44)32-48-28-33-16-6-2-7-17-33/h2-27,39,41-44H,28-32H2,1H3/t39-,41-,42+,43+,44+,45?/m1/s1. The Kier molecular flexibility index (Phi) is 11.8. The number of rotatable bonds is 15. The normalized spacial score (nSPS) is 24.0. The van der Waals surface area contributed by atoms with Gasteiger partial charge in [-0.1, -0.05) is 152 Å². The van der Waals surface area contributed by atoms with E-state index in [1.807, 2.05) is 152 Å². The summed E-state index contributed by atoms with van der Waals surface area (Å²) < 4.78 is 40.6. The van der Waals surface area contributed by atoms with E-state index in [1.165, 1.54) is 0 Å². The van der Waals surface area contributed by atoms with Crippen LogP contribution in [0.2, 0.25) is 0 Å². The highest BCUT2D eigenvalue weighted by atomic mass is 16.6. The molecule has 7 rings (SSSR count). The first-order valence-electron chi connectivity index (χ1n) is 17.8. The van der Waals surface area contributed by atoms with Crippen LogP contribution in [0.1, 0.15) is 33.4 Å². The van der Waals surface area contributed by atoms with Gasteiger partial charge in [0.2, 0.25) is 0 Å². The molecule has 6 atom stereocenters. The van der Waals surface area contributed by atoms with Crippen molar-refractivity contribution in [2.75, 3.05) is 13.7 Å². The van der Waals surface area contributed by atoms with Gasteiger partial charge < -0.3 is 28.4 Å². The Bertz CT molecular complexity index is 1880. The van der Waals surface area contributed by atoms with E-state index in [0.717, 1.165) is 27.8 Å². The van der Waals surface area contributed by atoms with Gasteiger partial charge in [-0.15, -0.1) is 0 Å². The van der Waals surface area contributed by atoms with E-state index in [4.69, 9.17) is 28.4 Å². The Morgan fingerprint density at radius 2 is 1.00 bits per heavy atom. The lowest BCUT2D eigenvalue weighted by atomic mass is 9.73. The summed E-state index contributed by atoms with van der Waals surface area (Å²) >= 11 is 0. The molecule has 0 N–H and O–H groups in total. The summed E-state index contributed by atoms with van der Waals surface area (Å²) in [6, 6.07) is 47.7. The van der Waals surface area contributed by atoms with Crippen LogP contribution in [0.4, 0.5) is 0 Å². The van der Waals surface area contributed by atoms with Gasteiger partial charge in [0.1, 0.15) is 30.5 Å². The fraction of sp³-hybridized carbons (Fsp3) is 0.267. The van der Waals surface area contributed by atoms with Crippen molar-refractivity contribution in [2.24, 2.45) is 0 Å². The van der Waals surface area contributed by atoms with Crippen molar-refractivity contribution in [2.45, 2.75) is 62.5 Å². The van der Waals surface area contributed by atoms with Crippen molar-refractivity contribution >= 4 is 11.9 Å². The van der Waals surface area contributed by atoms with E-state index in [0.29, 0.717) is 18.8 Å². The number of hydrogen-bond donors (Lipinski definition) is 0. The highest BCUT2D eigenvalue weighted by molar-refractivity contribution is 6.04. The zero-order valence-electron chi connectivity index (χ0n) is 29.3. The molecular formula is C45H44O7. The molecule has 266 valence electrons. The summed E-state index contributed by atoms with van der Waals surface area (Å²) in [7, 11) is 1.56. The SMILES string of the molecule is COC1([C@H]2O[C@H](COCc3ccccc3)[C@@H](OCc3ccccc3)[C@H](OCc3ccccc3)[C@@H]2OCc2ccccc2)C(=O)C=Cc2ccccc21. The van der Waals surface area contributed by atoms with E-state index >= 15 is 0 Å². The molecule has 1 saturated heterocycles. The Morgan fingerprint density at radius 1 is 0.538 bits per heavy atom. The number of fused-ring (bicyclic) bond motifs is 1. The summed E-state index contributed by atoms with van der Waals surface area (Å²) in [6.07, 6.45) is -0.353. The van der Waals surface area contributed by atoms with Gasteiger partial charge in [-0.25, -0.2) is 0 Å². The molecule has 5 aromatic rings. The first kappa shape index (κ1) is 35.7. The third-order valence-corrected chi connectivity index (χ3v) is 9.75. The second-order valence-electron chi connectivity index (χ2n) is 13.1. The molecule has 0 radical (unpaired) electrons. The highest BCUT2D eigenvalue weighted by Gasteiger charge is 2.60. The number of carbonyl (C=O) groups is 1. The molecule has 52 heavy (non-hydrogen) atoms. The van der Waals surface area contributed by atoms with Crippen molar-refractivity contribution in [3.63, 3.8) is 0 Å². The molecule has 1 aliphatic carbocycles. The maximum Gasteiger partial charge on any atom is 0.194 e. The maximum atomic E-state index is 14.4. The van der Waals surface area contributed by atoms with Crippen LogP contribution in [0.15, 0.2) is 152 Å². The number of hydrogen-bond acceptors (Lipinski definition) is 7. The topological polar surface area (TPSA) is 72.5 Å². The van der Waals surface area contributed by atoms with Gasteiger partial charge in [0.25, 0.3) is 0 Å². The number of methoxy groups -OCH3 is 1. The third-order valence-electron chi connectivity index (χ3n) is 9.75. The lowest BCUT2D eigenvalue weighted by Crippen LogP contribution is -2.68. The molecular weight excluding hydrogens is 652 g/mol. The summed E-state index contributed by atoms with van der Waals surface area (Å²) in [5.74, 6) is -0.235. The summed E-state index contributed by atoms with van der Waals surface area (Å²) in [5, 5.41) is 0. The molecule has 0 amide bonds. The second-order valence-corrected chi connectivity index (χ2v) is 13.1. The van der Waals surface area contributed by atoms with Crippen LogP contribution < -0.4 is 0 Å². The van der Waals surface area contributed by atoms with Crippen molar-refractivity contribution < 1.29 is 33.2 Å². The van der Waals surface area contributed by atoms with Crippen molar-refractivity contribution in [3.8, 4) is 0 Å². The maximum absolute atomic E-state index is 14.4. The Labute approximate surface area is 305 Å². The van der Waals surface area contributed by atoms with Crippen LogP contribution in [-0.2, 0) is 65.2 Å². The minimum Gasteiger partial charge on any atom is -0.374 e. The van der Waals surface area contributed by atoms with E-state index in [2.05, 4.69) is 0 Å². The van der Waals surface area contributed by atoms with Gasteiger partial charge in [0, 0.05) is 12.7 Å². The van der Waals surface area contributed by atoms with E-state index < -0.39 is 36.1 Å².